The van der Waals surface area contributed by atoms with Gasteiger partial charge >= 0.3 is 0 Å². The van der Waals surface area contributed by atoms with Crippen molar-refractivity contribution in [1.82, 2.24) is 5.32 Å². The molecule has 1 aromatic rings. The van der Waals surface area contributed by atoms with E-state index < -0.39 is 0 Å². The number of rotatable bonds is 5. The standard InChI is InChI=1S/C17H25NOS/c1-3-20-17-6-4-5-15(17)18-12(2)13-7-8-16-14(11-13)9-10-19-16/h7-8,11-12,15,17-18H,3-6,9-10H2,1-2H3. The zero-order valence-electron chi connectivity index (χ0n) is 12.5. The minimum atomic E-state index is 0.434. The fourth-order valence-electron chi connectivity index (χ4n) is 3.42. The molecule has 1 fully saturated rings. The largest absolute Gasteiger partial charge is 0.493 e. The van der Waals surface area contributed by atoms with Gasteiger partial charge < -0.3 is 10.1 Å². The third-order valence-electron chi connectivity index (χ3n) is 4.51. The monoisotopic (exact) mass is 291 g/mol. The van der Waals surface area contributed by atoms with Crippen LogP contribution in [0.4, 0.5) is 0 Å². The maximum Gasteiger partial charge on any atom is 0.122 e. The first-order valence-electron chi connectivity index (χ1n) is 7.91. The average molecular weight is 291 g/mol. The van der Waals surface area contributed by atoms with Gasteiger partial charge in [-0.1, -0.05) is 25.5 Å². The van der Waals surface area contributed by atoms with Gasteiger partial charge in [-0.15, -0.1) is 0 Å². The summed E-state index contributed by atoms with van der Waals surface area (Å²) >= 11 is 2.12. The van der Waals surface area contributed by atoms with E-state index in [4.69, 9.17) is 4.74 Å². The zero-order chi connectivity index (χ0) is 13.9. The van der Waals surface area contributed by atoms with Gasteiger partial charge in [0, 0.05) is 23.8 Å². The molecule has 1 N–H and O–H groups in total. The Hall–Kier alpha value is -0.670. The summed E-state index contributed by atoms with van der Waals surface area (Å²) in [6, 6.07) is 7.81. The van der Waals surface area contributed by atoms with Crippen molar-refractivity contribution in [3.8, 4) is 5.75 Å². The van der Waals surface area contributed by atoms with Gasteiger partial charge in [-0.25, -0.2) is 0 Å². The van der Waals surface area contributed by atoms with Crippen molar-refractivity contribution >= 4 is 11.8 Å². The molecule has 3 atom stereocenters. The molecule has 0 radical (unpaired) electrons. The van der Waals surface area contributed by atoms with Crippen LogP contribution in [0.5, 0.6) is 5.75 Å². The lowest BCUT2D eigenvalue weighted by molar-refractivity contribution is 0.356. The Kier molecular flexibility index (Phi) is 4.57. The van der Waals surface area contributed by atoms with E-state index in [0.29, 0.717) is 12.1 Å². The summed E-state index contributed by atoms with van der Waals surface area (Å²) in [5.74, 6) is 2.31. The Balaban J connectivity index is 1.65. The number of ether oxygens (including phenoxy) is 1. The Labute approximate surface area is 126 Å². The van der Waals surface area contributed by atoms with Crippen LogP contribution < -0.4 is 10.1 Å². The summed E-state index contributed by atoms with van der Waals surface area (Å²) in [6.45, 7) is 5.41. The minimum Gasteiger partial charge on any atom is -0.493 e. The lowest BCUT2D eigenvalue weighted by atomic mass is 10.0. The Morgan fingerprint density at radius 3 is 3.15 bits per heavy atom. The molecule has 3 unspecified atom stereocenters. The van der Waals surface area contributed by atoms with Crippen LogP contribution in [0.25, 0.3) is 0 Å². The van der Waals surface area contributed by atoms with Gasteiger partial charge in [0.05, 0.1) is 6.61 Å². The summed E-state index contributed by atoms with van der Waals surface area (Å²) in [5.41, 5.74) is 2.78. The fourth-order valence-corrected chi connectivity index (χ4v) is 4.63. The van der Waals surface area contributed by atoms with Gasteiger partial charge in [-0.3, -0.25) is 0 Å². The van der Waals surface area contributed by atoms with Crippen molar-refractivity contribution in [3.63, 3.8) is 0 Å². The molecule has 2 nitrogen and oxygen atoms in total. The number of fused-ring (bicyclic) bond motifs is 1. The second-order valence-corrected chi connectivity index (χ2v) is 7.40. The van der Waals surface area contributed by atoms with E-state index in [1.54, 1.807) is 0 Å². The van der Waals surface area contributed by atoms with Crippen LogP contribution in [-0.2, 0) is 6.42 Å². The van der Waals surface area contributed by atoms with Crippen molar-refractivity contribution in [2.75, 3.05) is 12.4 Å². The van der Waals surface area contributed by atoms with Gasteiger partial charge in [0.1, 0.15) is 5.75 Å². The van der Waals surface area contributed by atoms with Crippen LogP contribution in [0.15, 0.2) is 18.2 Å². The summed E-state index contributed by atoms with van der Waals surface area (Å²) in [5, 5.41) is 4.67. The maximum atomic E-state index is 5.59. The molecule has 110 valence electrons. The van der Waals surface area contributed by atoms with Crippen LogP contribution in [0, 0.1) is 0 Å². The van der Waals surface area contributed by atoms with Crippen LogP contribution in [0.2, 0.25) is 0 Å². The predicted octanol–water partition coefficient (Wildman–Crippen LogP) is 3.95. The molecule has 2 aliphatic rings. The summed E-state index contributed by atoms with van der Waals surface area (Å²) in [6.07, 6.45) is 5.14. The van der Waals surface area contributed by atoms with E-state index >= 15 is 0 Å². The molecule has 0 bridgehead atoms. The quantitative estimate of drug-likeness (QED) is 0.887. The van der Waals surface area contributed by atoms with E-state index in [-0.39, 0.29) is 0 Å². The zero-order valence-corrected chi connectivity index (χ0v) is 13.3. The first-order valence-corrected chi connectivity index (χ1v) is 8.96. The molecule has 0 spiro atoms. The Morgan fingerprint density at radius 1 is 1.40 bits per heavy atom. The third kappa shape index (κ3) is 2.99. The van der Waals surface area contributed by atoms with Crippen LogP contribution in [-0.4, -0.2) is 23.7 Å². The molecule has 1 aliphatic heterocycles. The second-order valence-electron chi connectivity index (χ2n) is 5.89. The van der Waals surface area contributed by atoms with E-state index in [9.17, 15) is 0 Å². The van der Waals surface area contributed by atoms with Crippen molar-refractivity contribution in [1.29, 1.82) is 0 Å². The molecular weight excluding hydrogens is 266 g/mol. The van der Waals surface area contributed by atoms with Crippen molar-refractivity contribution < 1.29 is 4.74 Å². The SMILES string of the molecule is CCSC1CCCC1NC(C)c1ccc2c(c1)CCO2. The molecule has 20 heavy (non-hydrogen) atoms. The fraction of sp³-hybridized carbons (Fsp3) is 0.647. The van der Waals surface area contributed by atoms with Gasteiger partial charge in [0.15, 0.2) is 0 Å². The van der Waals surface area contributed by atoms with E-state index in [1.807, 2.05) is 0 Å². The smallest absolute Gasteiger partial charge is 0.122 e. The number of nitrogens with one attached hydrogen (secondary N) is 1. The summed E-state index contributed by atoms with van der Waals surface area (Å²) in [4.78, 5) is 0. The van der Waals surface area contributed by atoms with Gasteiger partial charge in [-0.05, 0) is 42.7 Å². The topological polar surface area (TPSA) is 21.3 Å². The maximum absolute atomic E-state index is 5.59. The first-order chi connectivity index (χ1) is 9.78. The lowest BCUT2D eigenvalue weighted by Crippen LogP contribution is -2.36. The molecule has 3 rings (SSSR count). The Bertz CT molecular complexity index is 462. The molecule has 1 saturated carbocycles. The van der Waals surface area contributed by atoms with E-state index in [1.165, 1.54) is 36.1 Å². The third-order valence-corrected chi connectivity index (χ3v) is 5.84. The predicted molar refractivity (Wildman–Crippen MR) is 86.8 cm³/mol. The highest BCUT2D eigenvalue weighted by Gasteiger charge is 2.28. The van der Waals surface area contributed by atoms with Gasteiger partial charge in [0.2, 0.25) is 0 Å². The van der Waals surface area contributed by atoms with Gasteiger partial charge in [-0.2, -0.15) is 11.8 Å². The highest BCUT2D eigenvalue weighted by Crippen LogP contribution is 2.33. The molecule has 0 aromatic heterocycles. The molecule has 0 saturated heterocycles. The summed E-state index contributed by atoms with van der Waals surface area (Å²) in [7, 11) is 0. The molecule has 1 heterocycles. The number of benzene rings is 1. The van der Waals surface area contributed by atoms with Crippen molar-refractivity contribution in [2.24, 2.45) is 0 Å². The van der Waals surface area contributed by atoms with E-state index in [0.717, 1.165) is 24.0 Å². The first kappa shape index (κ1) is 14.3. The number of hydrogen-bond donors (Lipinski definition) is 1. The van der Waals surface area contributed by atoms with Crippen molar-refractivity contribution in [2.45, 2.75) is 56.9 Å². The molecule has 1 aliphatic carbocycles. The molecule has 1 aromatic carbocycles. The second kappa shape index (κ2) is 6.40. The van der Waals surface area contributed by atoms with Crippen molar-refractivity contribution in [3.05, 3.63) is 29.3 Å². The molecule has 0 amide bonds. The number of thioether (sulfide) groups is 1. The normalized spacial score (nSPS) is 26.3. The molecular formula is C17H25NOS. The van der Waals surface area contributed by atoms with Crippen LogP contribution >= 0.6 is 11.8 Å². The lowest BCUT2D eigenvalue weighted by Gasteiger charge is -2.25. The highest BCUT2D eigenvalue weighted by molar-refractivity contribution is 7.99. The molecule has 3 heteroatoms. The van der Waals surface area contributed by atoms with Crippen LogP contribution in [0.1, 0.15) is 50.3 Å². The Morgan fingerprint density at radius 2 is 2.30 bits per heavy atom. The van der Waals surface area contributed by atoms with Gasteiger partial charge in [0.25, 0.3) is 0 Å². The number of hydrogen-bond acceptors (Lipinski definition) is 3. The van der Waals surface area contributed by atoms with Crippen LogP contribution in [0.3, 0.4) is 0 Å². The van der Waals surface area contributed by atoms with E-state index in [2.05, 4.69) is 49.1 Å². The average Bonchev–Trinajstić information content (AvgIpc) is 3.07. The minimum absolute atomic E-state index is 0.434. The highest BCUT2D eigenvalue weighted by atomic mass is 32.2. The summed E-state index contributed by atoms with van der Waals surface area (Å²) < 4.78 is 5.59.